The molecule has 0 aliphatic carbocycles. The van der Waals surface area contributed by atoms with E-state index in [1.165, 1.54) is 16.7 Å². The van der Waals surface area contributed by atoms with Crippen molar-refractivity contribution >= 4 is 34.5 Å². The van der Waals surface area contributed by atoms with Gasteiger partial charge in [-0.1, -0.05) is 5.21 Å². The molecule has 8 heteroatoms. The Morgan fingerprint density at radius 3 is 2.83 bits per heavy atom. The molecule has 4 rings (SSSR count). The highest BCUT2D eigenvalue weighted by molar-refractivity contribution is 8.00. The highest BCUT2D eigenvalue weighted by Gasteiger charge is 2.27. The Bertz CT molecular complexity index is 884. The number of carbonyl (C=O) groups excluding carboxylic acids is 2. The van der Waals surface area contributed by atoms with Crippen molar-refractivity contribution in [3.63, 3.8) is 0 Å². The SMILES string of the molecule is O=C1CSCC(=O)N1Cc1cn(-c2ccc3[nH]ccc3c2)nn1. The molecule has 1 fully saturated rings. The van der Waals surface area contributed by atoms with Gasteiger partial charge in [0.05, 0.1) is 29.9 Å². The number of rotatable bonds is 3. The number of thioether (sulfide) groups is 1. The van der Waals surface area contributed by atoms with Crippen molar-refractivity contribution in [2.45, 2.75) is 6.54 Å². The number of aromatic nitrogens is 4. The van der Waals surface area contributed by atoms with Gasteiger partial charge in [-0.05, 0) is 24.3 Å². The first kappa shape index (κ1) is 14.0. The maximum absolute atomic E-state index is 11.8. The highest BCUT2D eigenvalue weighted by Crippen LogP contribution is 2.18. The van der Waals surface area contributed by atoms with Crippen LogP contribution in [0.2, 0.25) is 0 Å². The van der Waals surface area contributed by atoms with Crippen molar-refractivity contribution in [1.29, 1.82) is 0 Å². The fourth-order valence-corrected chi connectivity index (χ4v) is 3.30. The number of carbonyl (C=O) groups is 2. The number of H-pyrrole nitrogens is 1. The lowest BCUT2D eigenvalue weighted by Crippen LogP contribution is -2.42. The van der Waals surface area contributed by atoms with Gasteiger partial charge in [0.15, 0.2) is 0 Å². The van der Waals surface area contributed by atoms with Crippen LogP contribution in [0.4, 0.5) is 0 Å². The average Bonchev–Trinajstić information content (AvgIpc) is 3.19. The van der Waals surface area contributed by atoms with Gasteiger partial charge in [-0.2, -0.15) is 0 Å². The molecule has 0 unspecified atom stereocenters. The Kier molecular flexibility index (Phi) is 3.38. The summed E-state index contributed by atoms with van der Waals surface area (Å²) in [5.41, 5.74) is 2.52. The summed E-state index contributed by atoms with van der Waals surface area (Å²) in [6.07, 6.45) is 3.63. The number of amides is 2. The van der Waals surface area contributed by atoms with Gasteiger partial charge in [0.2, 0.25) is 11.8 Å². The molecule has 3 aromatic rings. The monoisotopic (exact) mass is 327 g/mol. The van der Waals surface area contributed by atoms with Crippen LogP contribution in [0.3, 0.4) is 0 Å². The second-order valence-electron chi connectivity index (χ2n) is 5.27. The molecule has 23 heavy (non-hydrogen) atoms. The first-order valence-electron chi connectivity index (χ1n) is 7.10. The van der Waals surface area contributed by atoms with Crippen LogP contribution >= 0.6 is 11.8 Å². The van der Waals surface area contributed by atoms with Crippen LogP contribution in [0.5, 0.6) is 0 Å². The molecule has 7 nitrogen and oxygen atoms in total. The van der Waals surface area contributed by atoms with E-state index in [-0.39, 0.29) is 18.4 Å². The van der Waals surface area contributed by atoms with E-state index in [0.29, 0.717) is 17.2 Å². The molecule has 1 saturated heterocycles. The Hall–Kier alpha value is -2.61. The van der Waals surface area contributed by atoms with E-state index >= 15 is 0 Å². The smallest absolute Gasteiger partial charge is 0.239 e. The predicted molar refractivity (Wildman–Crippen MR) is 86.1 cm³/mol. The zero-order valence-corrected chi connectivity index (χ0v) is 12.9. The normalized spacial score (nSPS) is 15.6. The molecule has 116 valence electrons. The summed E-state index contributed by atoms with van der Waals surface area (Å²) >= 11 is 1.34. The van der Waals surface area contributed by atoms with E-state index in [1.807, 2.05) is 30.5 Å². The molecule has 0 spiro atoms. The Morgan fingerprint density at radius 2 is 2.00 bits per heavy atom. The summed E-state index contributed by atoms with van der Waals surface area (Å²) in [6, 6.07) is 7.89. The van der Waals surface area contributed by atoms with E-state index in [9.17, 15) is 9.59 Å². The van der Waals surface area contributed by atoms with Crippen molar-refractivity contribution in [3.05, 3.63) is 42.4 Å². The van der Waals surface area contributed by atoms with Crippen molar-refractivity contribution in [2.75, 3.05) is 11.5 Å². The number of aromatic amines is 1. The van der Waals surface area contributed by atoms with Crippen molar-refractivity contribution in [3.8, 4) is 5.69 Å². The second-order valence-corrected chi connectivity index (χ2v) is 6.26. The van der Waals surface area contributed by atoms with Gasteiger partial charge >= 0.3 is 0 Å². The molecule has 0 atom stereocenters. The van der Waals surface area contributed by atoms with Gasteiger partial charge in [-0.15, -0.1) is 16.9 Å². The lowest BCUT2D eigenvalue weighted by molar-refractivity contribution is -0.142. The number of nitrogens with one attached hydrogen (secondary N) is 1. The lowest BCUT2D eigenvalue weighted by Gasteiger charge is -2.23. The van der Waals surface area contributed by atoms with Crippen molar-refractivity contribution in [1.82, 2.24) is 24.9 Å². The number of benzene rings is 1. The summed E-state index contributed by atoms with van der Waals surface area (Å²) in [5, 5.41) is 9.25. The first-order chi connectivity index (χ1) is 11.2. The predicted octanol–water partition coefficient (Wildman–Crippen LogP) is 1.35. The van der Waals surface area contributed by atoms with Crippen LogP contribution in [-0.4, -0.2) is 48.2 Å². The first-order valence-corrected chi connectivity index (χ1v) is 8.26. The molecule has 1 N–H and O–H groups in total. The Morgan fingerprint density at radius 1 is 1.17 bits per heavy atom. The minimum absolute atomic E-state index is 0.171. The molecule has 1 aliphatic heterocycles. The lowest BCUT2D eigenvalue weighted by atomic mass is 10.2. The number of imide groups is 1. The average molecular weight is 327 g/mol. The summed E-state index contributed by atoms with van der Waals surface area (Å²) < 4.78 is 1.65. The van der Waals surface area contributed by atoms with Crippen LogP contribution in [0, 0.1) is 0 Å². The summed E-state index contributed by atoms with van der Waals surface area (Å²) in [4.78, 5) is 28.0. The highest BCUT2D eigenvalue weighted by atomic mass is 32.2. The quantitative estimate of drug-likeness (QED) is 0.734. The topological polar surface area (TPSA) is 83.9 Å². The fraction of sp³-hybridized carbons (Fsp3) is 0.200. The Balaban J connectivity index is 1.58. The van der Waals surface area contributed by atoms with E-state index in [2.05, 4.69) is 15.3 Å². The van der Waals surface area contributed by atoms with Crippen LogP contribution in [0.15, 0.2) is 36.7 Å². The molecule has 1 aliphatic rings. The van der Waals surface area contributed by atoms with Crippen LogP contribution in [0.25, 0.3) is 16.6 Å². The van der Waals surface area contributed by atoms with E-state index in [0.717, 1.165) is 16.6 Å². The van der Waals surface area contributed by atoms with Gasteiger partial charge in [-0.25, -0.2) is 4.68 Å². The number of hydrogen-bond donors (Lipinski definition) is 1. The van der Waals surface area contributed by atoms with Gasteiger partial charge in [-0.3, -0.25) is 14.5 Å². The van der Waals surface area contributed by atoms with Crippen molar-refractivity contribution < 1.29 is 9.59 Å². The summed E-state index contributed by atoms with van der Waals surface area (Å²) in [7, 11) is 0. The number of hydrogen-bond acceptors (Lipinski definition) is 5. The number of fused-ring (bicyclic) bond motifs is 1. The van der Waals surface area contributed by atoms with Crippen LogP contribution in [-0.2, 0) is 16.1 Å². The third kappa shape index (κ3) is 2.61. The van der Waals surface area contributed by atoms with Crippen LogP contribution in [0.1, 0.15) is 5.69 Å². The van der Waals surface area contributed by atoms with Crippen LogP contribution < -0.4 is 0 Å². The van der Waals surface area contributed by atoms with Gasteiger partial charge < -0.3 is 4.98 Å². The minimum atomic E-state index is -0.172. The van der Waals surface area contributed by atoms with E-state index < -0.39 is 0 Å². The minimum Gasteiger partial charge on any atom is -0.361 e. The summed E-state index contributed by atoms with van der Waals surface area (Å²) in [5.74, 6) is 0.331. The maximum Gasteiger partial charge on any atom is 0.239 e. The molecule has 0 bridgehead atoms. The molecule has 1 aromatic carbocycles. The van der Waals surface area contributed by atoms with Gasteiger partial charge in [0.1, 0.15) is 5.69 Å². The second kappa shape index (κ2) is 5.54. The molecule has 0 radical (unpaired) electrons. The molecular weight excluding hydrogens is 314 g/mol. The fourth-order valence-electron chi connectivity index (χ4n) is 2.54. The maximum atomic E-state index is 11.8. The molecule has 3 heterocycles. The number of nitrogens with zero attached hydrogens (tertiary/aromatic N) is 4. The van der Waals surface area contributed by atoms with Gasteiger partial charge in [0.25, 0.3) is 0 Å². The Labute approximate surface area is 135 Å². The molecule has 2 amide bonds. The third-order valence-corrected chi connectivity index (χ3v) is 4.62. The largest absolute Gasteiger partial charge is 0.361 e. The van der Waals surface area contributed by atoms with Gasteiger partial charge in [0, 0.05) is 17.1 Å². The molecule has 0 saturated carbocycles. The zero-order chi connectivity index (χ0) is 15.8. The molecular formula is C15H13N5O2S. The molecule has 2 aromatic heterocycles. The van der Waals surface area contributed by atoms with E-state index in [1.54, 1.807) is 10.9 Å². The summed E-state index contributed by atoms with van der Waals surface area (Å²) in [6.45, 7) is 0.171. The zero-order valence-electron chi connectivity index (χ0n) is 12.1. The van der Waals surface area contributed by atoms with Crippen molar-refractivity contribution in [2.24, 2.45) is 0 Å². The third-order valence-electron chi connectivity index (χ3n) is 3.72. The van der Waals surface area contributed by atoms with E-state index in [4.69, 9.17) is 0 Å². The standard InChI is InChI=1S/C15H13N5O2S/c21-14-8-23-9-15(22)19(14)6-11-7-20(18-17-11)12-1-2-13-10(5-12)3-4-16-13/h1-5,7,16H,6,8-9H2.